The molecule has 0 unspecified atom stereocenters. The van der Waals surface area contributed by atoms with Gasteiger partial charge in [0, 0.05) is 15.6 Å². The van der Waals surface area contributed by atoms with Crippen molar-refractivity contribution < 1.29 is 19.8 Å². The minimum Gasteiger partial charge on any atom is -0.478 e. The number of nitrogens with zero attached hydrogens (tertiary/aromatic N) is 2. The van der Waals surface area contributed by atoms with Gasteiger partial charge >= 0.3 is 11.9 Å². The quantitative estimate of drug-likeness (QED) is 0.710. The first-order valence-corrected chi connectivity index (χ1v) is 7.75. The number of hydrogen-bond acceptors (Lipinski definition) is 3. The van der Waals surface area contributed by atoms with E-state index in [9.17, 15) is 19.8 Å². The van der Waals surface area contributed by atoms with Gasteiger partial charge in [0.15, 0.2) is 5.69 Å². The highest BCUT2D eigenvalue weighted by molar-refractivity contribution is 6.31. The van der Waals surface area contributed by atoms with E-state index in [4.69, 9.17) is 23.2 Å². The Morgan fingerprint density at radius 2 is 1.60 bits per heavy atom. The van der Waals surface area contributed by atoms with Crippen LogP contribution < -0.4 is 0 Å². The van der Waals surface area contributed by atoms with Gasteiger partial charge in [0.2, 0.25) is 0 Å². The van der Waals surface area contributed by atoms with E-state index in [1.165, 1.54) is 4.68 Å². The van der Waals surface area contributed by atoms with Crippen LogP contribution in [0, 0.1) is 0 Å². The zero-order chi connectivity index (χ0) is 18.1. The first kappa shape index (κ1) is 17.0. The number of halogens is 2. The minimum absolute atomic E-state index is 0.129. The Balaban J connectivity index is 2.37. The van der Waals surface area contributed by atoms with Gasteiger partial charge in [-0.25, -0.2) is 14.3 Å². The van der Waals surface area contributed by atoms with Crippen LogP contribution in [0.15, 0.2) is 48.5 Å². The van der Waals surface area contributed by atoms with Gasteiger partial charge < -0.3 is 10.2 Å². The molecule has 8 heteroatoms. The molecule has 126 valence electrons. The maximum atomic E-state index is 11.7. The molecule has 1 aromatic heterocycles. The van der Waals surface area contributed by atoms with Crippen molar-refractivity contribution in [2.24, 2.45) is 0 Å². The summed E-state index contributed by atoms with van der Waals surface area (Å²) in [5.74, 6) is -2.83. The van der Waals surface area contributed by atoms with Gasteiger partial charge in [-0.05, 0) is 30.3 Å². The molecular weight excluding hydrogens is 367 g/mol. The topological polar surface area (TPSA) is 92.4 Å². The summed E-state index contributed by atoms with van der Waals surface area (Å²) in [6.07, 6.45) is 0. The number of rotatable bonds is 4. The zero-order valence-electron chi connectivity index (χ0n) is 12.5. The van der Waals surface area contributed by atoms with Crippen molar-refractivity contribution in [3.8, 4) is 16.9 Å². The highest BCUT2D eigenvalue weighted by atomic mass is 35.5. The average Bonchev–Trinajstić information content (AvgIpc) is 2.96. The summed E-state index contributed by atoms with van der Waals surface area (Å²) in [7, 11) is 0. The molecule has 0 spiro atoms. The predicted octanol–water partition coefficient (Wildman–Crippen LogP) is 4.24. The predicted molar refractivity (Wildman–Crippen MR) is 92.9 cm³/mol. The third-order valence-corrected chi connectivity index (χ3v) is 3.96. The minimum atomic E-state index is -1.44. The van der Waals surface area contributed by atoms with E-state index in [1.54, 1.807) is 48.5 Å². The van der Waals surface area contributed by atoms with Gasteiger partial charge in [-0.1, -0.05) is 41.4 Å². The molecule has 0 fully saturated rings. The van der Waals surface area contributed by atoms with E-state index < -0.39 is 23.2 Å². The largest absolute Gasteiger partial charge is 0.478 e. The summed E-state index contributed by atoms with van der Waals surface area (Å²) in [4.78, 5) is 23.2. The Kier molecular flexibility index (Phi) is 4.48. The molecule has 2 aromatic carbocycles. The summed E-state index contributed by atoms with van der Waals surface area (Å²) in [5, 5.41) is 23.8. The standard InChI is InChI=1S/C17H10Cl2N2O4/c18-10-6-4-9(5-7-10)15-13(16(22)23)14(17(24)25)20-21(15)12-3-1-2-11(19)8-12/h1-8H,(H,22,23)(H,24,25). The van der Waals surface area contributed by atoms with Crippen LogP contribution in [0.2, 0.25) is 10.0 Å². The molecule has 0 amide bonds. The van der Waals surface area contributed by atoms with Crippen molar-refractivity contribution >= 4 is 35.1 Å². The highest BCUT2D eigenvalue weighted by Gasteiger charge is 2.29. The van der Waals surface area contributed by atoms with Gasteiger partial charge in [-0.2, -0.15) is 5.10 Å². The van der Waals surface area contributed by atoms with Gasteiger partial charge in [0.1, 0.15) is 5.56 Å². The third-order valence-electron chi connectivity index (χ3n) is 3.47. The second kappa shape index (κ2) is 6.58. The third kappa shape index (κ3) is 3.22. The molecule has 2 N–H and O–H groups in total. The van der Waals surface area contributed by atoms with Crippen molar-refractivity contribution in [1.29, 1.82) is 0 Å². The summed E-state index contributed by atoms with van der Waals surface area (Å²) in [6.45, 7) is 0. The molecule has 0 aliphatic carbocycles. The monoisotopic (exact) mass is 376 g/mol. The Morgan fingerprint density at radius 3 is 2.16 bits per heavy atom. The van der Waals surface area contributed by atoms with Crippen LogP contribution in [0.1, 0.15) is 20.8 Å². The summed E-state index contributed by atoms with van der Waals surface area (Å²) in [5.41, 5.74) is 0.0604. The van der Waals surface area contributed by atoms with Gasteiger partial charge in [0.25, 0.3) is 0 Å². The number of carboxylic acids is 2. The van der Waals surface area contributed by atoms with Crippen LogP contribution in [0.5, 0.6) is 0 Å². The van der Waals surface area contributed by atoms with Crippen molar-refractivity contribution in [2.45, 2.75) is 0 Å². The number of hydrogen-bond donors (Lipinski definition) is 2. The second-order valence-corrected chi connectivity index (χ2v) is 5.95. The maximum Gasteiger partial charge on any atom is 0.357 e. The van der Waals surface area contributed by atoms with Gasteiger partial charge in [0.05, 0.1) is 11.4 Å². The molecule has 0 aliphatic heterocycles. The van der Waals surface area contributed by atoms with E-state index in [0.29, 0.717) is 21.3 Å². The molecular formula is C17H10Cl2N2O4. The first-order valence-electron chi connectivity index (χ1n) is 7.00. The van der Waals surface area contributed by atoms with Crippen molar-refractivity contribution in [3.05, 3.63) is 69.8 Å². The molecule has 1 heterocycles. The maximum absolute atomic E-state index is 11.7. The number of carbonyl (C=O) groups is 2. The SMILES string of the molecule is O=C(O)c1nn(-c2cccc(Cl)c2)c(-c2ccc(Cl)cc2)c1C(=O)O. The van der Waals surface area contributed by atoms with Crippen molar-refractivity contribution in [3.63, 3.8) is 0 Å². The number of benzene rings is 2. The molecule has 3 aromatic rings. The number of aromatic nitrogens is 2. The highest BCUT2D eigenvalue weighted by Crippen LogP contribution is 2.31. The number of carboxylic acid groups (broad SMARTS) is 2. The fraction of sp³-hybridized carbons (Fsp3) is 0. The molecule has 0 radical (unpaired) electrons. The lowest BCUT2D eigenvalue weighted by atomic mass is 10.1. The van der Waals surface area contributed by atoms with Gasteiger partial charge in [-0.3, -0.25) is 0 Å². The van der Waals surface area contributed by atoms with Crippen LogP contribution in [0.25, 0.3) is 16.9 Å². The van der Waals surface area contributed by atoms with Crippen LogP contribution in [-0.2, 0) is 0 Å². The lowest BCUT2D eigenvalue weighted by molar-refractivity contribution is 0.0648. The second-order valence-electron chi connectivity index (χ2n) is 5.08. The van der Waals surface area contributed by atoms with E-state index in [0.717, 1.165) is 0 Å². The summed E-state index contributed by atoms with van der Waals surface area (Å²) in [6, 6.07) is 12.9. The smallest absolute Gasteiger partial charge is 0.357 e. The summed E-state index contributed by atoms with van der Waals surface area (Å²) < 4.78 is 1.25. The lowest BCUT2D eigenvalue weighted by Crippen LogP contribution is -2.07. The lowest BCUT2D eigenvalue weighted by Gasteiger charge is -2.09. The van der Waals surface area contributed by atoms with E-state index >= 15 is 0 Å². The average molecular weight is 377 g/mol. The Bertz CT molecular complexity index is 981. The number of aromatic carboxylic acids is 2. The Hall–Kier alpha value is -2.83. The fourth-order valence-corrected chi connectivity index (χ4v) is 2.75. The van der Waals surface area contributed by atoms with E-state index in [1.807, 2.05) is 0 Å². The van der Waals surface area contributed by atoms with Gasteiger partial charge in [-0.15, -0.1) is 0 Å². The molecule has 25 heavy (non-hydrogen) atoms. The van der Waals surface area contributed by atoms with Crippen LogP contribution in [0.4, 0.5) is 0 Å². The Morgan fingerprint density at radius 1 is 0.920 bits per heavy atom. The zero-order valence-corrected chi connectivity index (χ0v) is 14.0. The normalized spacial score (nSPS) is 10.6. The van der Waals surface area contributed by atoms with Crippen molar-refractivity contribution in [1.82, 2.24) is 9.78 Å². The molecule has 0 atom stereocenters. The van der Waals surface area contributed by atoms with Crippen LogP contribution in [0.3, 0.4) is 0 Å². The molecule has 0 saturated carbocycles. The molecule has 6 nitrogen and oxygen atoms in total. The van der Waals surface area contributed by atoms with Crippen LogP contribution >= 0.6 is 23.2 Å². The van der Waals surface area contributed by atoms with E-state index in [2.05, 4.69) is 5.10 Å². The first-order chi connectivity index (χ1) is 11.9. The molecule has 0 aliphatic rings. The molecule has 0 bridgehead atoms. The molecule has 0 saturated heterocycles. The Labute approximate surface area is 151 Å². The summed E-state index contributed by atoms with van der Waals surface area (Å²) >= 11 is 11.9. The molecule has 3 rings (SSSR count). The van der Waals surface area contributed by atoms with Crippen LogP contribution in [-0.4, -0.2) is 31.9 Å². The fourth-order valence-electron chi connectivity index (χ4n) is 2.44. The van der Waals surface area contributed by atoms with E-state index in [-0.39, 0.29) is 5.69 Å². The van der Waals surface area contributed by atoms with Crippen molar-refractivity contribution in [2.75, 3.05) is 0 Å².